The fourth-order valence-electron chi connectivity index (χ4n) is 1.74. The van der Waals surface area contributed by atoms with Crippen LogP contribution in [0.3, 0.4) is 0 Å². The van der Waals surface area contributed by atoms with E-state index in [4.69, 9.17) is 4.74 Å². The first-order valence-corrected chi connectivity index (χ1v) is 7.62. The molecule has 1 aromatic heterocycles. The van der Waals surface area contributed by atoms with E-state index in [1.165, 1.54) is 0 Å². The van der Waals surface area contributed by atoms with Gasteiger partial charge in [0, 0.05) is 32.0 Å². The van der Waals surface area contributed by atoms with Gasteiger partial charge in [-0.2, -0.15) is 5.10 Å². The van der Waals surface area contributed by atoms with Crippen molar-refractivity contribution in [3.05, 3.63) is 18.5 Å². The number of nitrogens with zero attached hydrogens (tertiary/aromatic N) is 3. The zero-order valence-electron chi connectivity index (χ0n) is 14.3. The smallest absolute Gasteiger partial charge is 0.328 e. The number of aliphatic imine (C=N–C) groups is 1. The molecule has 0 aliphatic heterocycles. The molecule has 0 spiro atoms. The lowest BCUT2D eigenvalue weighted by Gasteiger charge is -2.19. The van der Waals surface area contributed by atoms with Crippen LogP contribution in [-0.4, -0.2) is 46.9 Å². The van der Waals surface area contributed by atoms with Crippen molar-refractivity contribution in [2.75, 3.05) is 19.6 Å². The number of carbonyl (C=O) groups excluding carboxylic acids is 1. The average molecular weight is 437 g/mol. The highest BCUT2D eigenvalue weighted by Crippen LogP contribution is 2.06. The molecule has 132 valence electrons. The van der Waals surface area contributed by atoms with Crippen molar-refractivity contribution >= 4 is 35.9 Å². The Morgan fingerprint density at radius 3 is 2.65 bits per heavy atom. The van der Waals surface area contributed by atoms with Gasteiger partial charge in [0.1, 0.15) is 12.1 Å². The van der Waals surface area contributed by atoms with Crippen molar-refractivity contribution in [3.63, 3.8) is 0 Å². The molecule has 2 N–H and O–H groups in total. The summed E-state index contributed by atoms with van der Waals surface area (Å²) in [5.74, 6) is 0.287. The van der Waals surface area contributed by atoms with Crippen molar-refractivity contribution in [1.29, 1.82) is 0 Å². The summed E-state index contributed by atoms with van der Waals surface area (Å²) in [6.45, 7) is 9.83. The predicted octanol–water partition coefficient (Wildman–Crippen LogP) is 1.79. The first kappa shape index (κ1) is 21.7. The number of carbonyl (C=O) groups is 1. The molecule has 0 aliphatic rings. The molecule has 7 nitrogen and oxygen atoms in total. The first-order chi connectivity index (χ1) is 10.4. The van der Waals surface area contributed by atoms with Gasteiger partial charge in [-0.3, -0.25) is 9.48 Å². The van der Waals surface area contributed by atoms with Crippen LogP contribution in [0.5, 0.6) is 0 Å². The number of ether oxygens (including phenoxy) is 1. The molecule has 8 heteroatoms. The standard InChI is InChI=1S/C15H27N5O2.HI/c1-5-16-14(18-12-13(21)22-15(2,3)4)17-8-6-10-20-11-7-9-19-20;/h7,9,11H,5-6,8,10,12H2,1-4H3,(H2,16,17,18);1H. The topological polar surface area (TPSA) is 80.5 Å². The molecule has 23 heavy (non-hydrogen) atoms. The van der Waals surface area contributed by atoms with Gasteiger partial charge in [0.25, 0.3) is 0 Å². The average Bonchev–Trinajstić information content (AvgIpc) is 2.92. The molecule has 0 atom stereocenters. The molecule has 0 bridgehead atoms. The number of halogens is 1. The highest BCUT2D eigenvalue weighted by molar-refractivity contribution is 14.0. The van der Waals surface area contributed by atoms with E-state index in [1.807, 2.05) is 44.6 Å². The molecule has 1 aromatic rings. The van der Waals surface area contributed by atoms with Gasteiger partial charge in [-0.1, -0.05) is 0 Å². The minimum absolute atomic E-state index is 0. The zero-order valence-corrected chi connectivity index (χ0v) is 16.7. The van der Waals surface area contributed by atoms with Crippen LogP contribution < -0.4 is 10.6 Å². The van der Waals surface area contributed by atoms with Crippen LogP contribution in [-0.2, 0) is 16.1 Å². The second kappa shape index (κ2) is 11.3. The normalized spacial score (nSPS) is 11.6. The van der Waals surface area contributed by atoms with E-state index in [2.05, 4.69) is 20.7 Å². The van der Waals surface area contributed by atoms with Gasteiger partial charge < -0.3 is 15.4 Å². The molecule has 0 fully saturated rings. The summed E-state index contributed by atoms with van der Waals surface area (Å²) in [7, 11) is 0. The van der Waals surface area contributed by atoms with Gasteiger partial charge in [0.2, 0.25) is 0 Å². The van der Waals surface area contributed by atoms with Crippen LogP contribution in [0.25, 0.3) is 0 Å². The zero-order chi connectivity index (χ0) is 16.4. The molecule has 0 amide bonds. The van der Waals surface area contributed by atoms with Gasteiger partial charge >= 0.3 is 5.97 Å². The number of esters is 1. The molecular weight excluding hydrogens is 409 g/mol. The molecule has 0 aliphatic carbocycles. The number of hydrogen-bond acceptors (Lipinski definition) is 4. The molecule has 0 saturated carbocycles. The van der Waals surface area contributed by atoms with E-state index in [-0.39, 0.29) is 36.5 Å². The van der Waals surface area contributed by atoms with E-state index >= 15 is 0 Å². The molecule has 0 radical (unpaired) electrons. The Kier molecular flexibility index (Phi) is 10.6. The minimum Gasteiger partial charge on any atom is -0.459 e. The molecule has 0 aromatic carbocycles. The molecule has 1 heterocycles. The van der Waals surface area contributed by atoms with E-state index in [1.54, 1.807) is 6.20 Å². The third-order valence-electron chi connectivity index (χ3n) is 2.55. The Morgan fingerprint density at radius 1 is 1.35 bits per heavy atom. The first-order valence-electron chi connectivity index (χ1n) is 7.62. The second-order valence-corrected chi connectivity index (χ2v) is 5.83. The maximum atomic E-state index is 11.7. The van der Waals surface area contributed by atoms with Gasteiger partial charge in [-0.05, 0) is 40.2 Å². The van der Waals surface area contributed by atoms with Crippen molar-refractivity contribution in [3.8, 4) is 0 Å². The van der Waals surface area contributed by atoms with E-state index in [0.717, 1.165) is 26.1 Å². The van der Waals surface area contributed by atoms with E-state index < -0.39 is 5.60 Å². The van der Waals surface area contributed by atoms with Crippen LogP contribution in [0, 0.1) is 0 Å². The van der Waals surface area contributed by atoms with Gasteiger partial charge in [0.05, 0.1) is 0 Å². The summed E-state index contributed by atoms with van der Waals surface area (Å²) >= 11 is 0. The number of nitrogens with one attached hydrogen (secondary N) is 2. The molecule has 0 unspecified atom stereocenters. The summed E-state index contributed by atoms with van der Waals surface area (Å²) in [4.78, 5) is 15.9. The lowest BCUT2D eigenvalue weighted by Crippen LogP contribution is -2.38. The summed E-state index contributed by atoms with van der Waals surface area (Å²) in [5, 5.41) is 10.4. The van der Waals surface area contributed by atoms with Gasteiger partial charge in [-0.15, -0.1) is 24.0 Å². The quantitative estimate of drug-likeness (QED) is 0.224. The Hall–Kier alpha value is -1.32. The van der Waals surface area contributed by atoms with Gasteiger partial charge in [-0.25, -0.2) is 4.99 Å². The maximum absolute atomic E-state index is 11.7. The number of guanidine groups is 1. The predicted molar refractivity (Wildman–Crippen MR) is 102 cm³/mol. The van der Waals surface area contributed by atoms with Crippen LogP contribution in [0.4, 0.5) is 0 Å². The van der Waals surface area contributed by atoms with Crippen molar-refractivity contribution in [2.24, 2.45) is 4.99 Å². The minimum atomic E-state index is -0.484. The van der Waals surface area contributed by atoms with E-state index in [0.29, 0.717) is 5.96 Å². The lowest BCUT2D eigenvalue weighted by atomic mass is 10.2. The lowest BCUT2D eigenvalue weighted by molar-refractivity contribution is -0.152. The Labute approximate surface area is 155 Å². The van der Waals surface area contributed by atoms with Crippen LogP contribution >= 0.6 is 24.0 Å². The highest BCUT2D eigenvalue weighted by Gasteiger charge is 2.15. The number of rotatable bonds is 7. The SMILES string of the molecule is CCNC(=NCC(=O)OC(C)(C)C)NCCCn1cccn1.I. The highest BCUT2D eigenvalue weighted by atomic mass is 127. The van der Waals surface area contributed by atoms with Gasteiger partial charge in [0.15, 0.2) is 5.96 Å². The van der Waals surface area contributed by atoms with Crippen molar-refractivity contribution in [1.82, 2.24) is 20.4 Å². The fourth-order valence-corrected chi connectivity index (χ4v) is 1.74. The summed E-state index contributed by atoms with van der Waals surface area (Å²) in [6.07, 6.45) is 4.61. The Balaban J connectivity index is 0.00000484. The number of aryl methyl sites for hydroxylation is 1. The van der Waals surface area contributed by atoms with Crippen molar-refractivity contribution < 1.29 is 9.53 Å². The third kappa shape index (κ3) is 10.9. The number of aromatic nitrogens is 2. The Bertz CT molecular complexity index is 469. The Morgan fingerprint density at radius 2 is 2.09 bits per heavy atom. The van der Waals surface area contributed by atoms with Crippen LogP contribution in [0.15, 0.2) is 23.5 Å². The van der Waals surface area contributed by atoms with E-state index in [9.17, 15) is 4.79 Å². The van der Waals surface area contributed by atoms with Crippen LogP contribution in [0.1, 0.15) is 34.1 Å². The third-order valence-corrected chi connectivity index (χ3v) is 2.55. The molecular formula is C15H28IN5O2. The van der Waals surface area contributed by atoms with Crippen LogP contribution in [0.2, 0.25) is 0 Å². The largest absolute Gasteiger partial charge is 0.459 e. The second-order valence-electron chi connectivity index (χ2n) is 5.83. The molecule has 0 saturated heterocycles. The monoisotopic (exact) mass is 437 g/mol. The van der Waals surface area contributed by atoms with Crippen molar-refractivity contribution in [2.45, 2.75) is 46.3 Å². The summed E-state index contributed by atoms with van der Waals surface area (Å²) in [6, 6.07) is 1.90. The summed E-state index contributed by atoms with van der Waals surface area (Å²) in [5.41, 5.74) is -0.484. The fraction of sp³-hybridized carbons (Fsp3) is 0.667. The number of hydrogen-bond donors (Lipinski definition) is 2. The molecule has 1 rings (SSSR count). The maximum Gasteiger partial charge on any atom is 0.328 e. The summed E-state index contributed by atoms with van der Waals surface area (Å²) < 4.78 is 7.11.